The van der Waals surface area contributed by atoms with Crippen molar-refractivity contribution in [2.24, 2.45) is 0 Å². The van der Waals surface area contributed by atoms with Crippen molar-refractivity contribution in [3.8, 4) is 0 Å². The Morgan fingerprint density at radius 1 is 1.00 bits per heavy atom. The molecule has 0 aliphatic carbocycles. The third-order valence-electron chi connectivity index (χ3n) is 2.69. The molecule has 2 rings (SSSR count). The van der Waals surface area contributed by atoms with E-state index in [9.17, 15) is 4.79 Å². The van der Waals surface area contributed by atoms with Gasteiger partial charge in [-0.2, -0.15) is 0 Å². The quantitative estimate of drug-likeness (QED) is 0.447. The number of carbonyl (C=O) groups is 1. The van der Waals surface area contributed by atoms with Gasteiger partial charge in [0.15, 0.2) is 5.78 Å². The number of hydrogen-bond acceptors (Lipinski definition) is 2. The van der Waals surface area contributed by atoms with Crippen LogP contribution < -0.4 is 0 Å². The van der Waals surface area contributed by atoms with Crippen molar-refractivity contribution in [2.75, 3.05) is 0 Å². The summed E-state index contributed by atoms with van der Waals surface area (Å²) in [7, 11) is 0. The van der Waals surface area contributed by atoms with Crippen LogP contribution >= 0.6 is 11.8 Å². The fraction of sp³-hybridized carbons (Fsp3) is 0.118. The maximum atomic E-state index is 12.0. The molecule has 0 bridgehead atoms. The Kier molecular flexibility index (Phi) is 4.58. The number of thioether (sulfide) groups is 1. The highest BCUT2D eigenvalue weighted by molar-refractivity contribution is 8.03. The second-order valence-electron chi connectivity index (χ2n) is 4.40. The van der Waals surface area contributed by atoms with Gasteiger partial charge in [-0.1, -0.05) is 59.8 Å². The highest BCUT2D eigenvalue weighted by Gasteiger charge is 2.03. The molecule has 2 aromatic rings. The SMILES string of the molecule is C/C(=C\C(=O)c1ccccc1)Sc1ccc(C)cc1. The second-order valence-corrected chi connectivity index (χ2v) is 5.72. The van der Waals surface area contributed by atoms with E-state index in [1.807, 2.05) is 37.3 Å². The molecule has 0 N–H and O–H groups in total. The predicted octanol–water partition coefficient (Wildman–Crippen LogP) is 4.87. The lowest BCUT2D eigenvalue weighted by Gasteiger charge is -2.02. The van der Waals surface area contributed by atoms with Crippen LogP contribution in [0.4, 0.5) is 0 Å². The molecule has 0 amide bonds. The molecule has 0 atom stereocenters. The van der Waals surface area contributed by atoms with Crippen LogP contribution in [0.15, 0.2) is 70.5 Å². The summed E-state index contributed by atoms with van der Waals surface area (Å²) >= 11 is 1.62. The van der Waals surface area contributed by atoms with Crippen LogP contribution in [0, 0.1) is 6.92 Å². The van der Waals surface area contributed by atoms with Crippen LogP contribution in [0.5, 0.6) is 0 Å². The van der Waals surface area contributed by atoms with Gasteiger partial charge in [-0.3, -0.25) is 4.79 Å². The summed E-state index contributed by atoms with van der Waals surface area (Å²) in [6.45, 7) is 4.03. The lowest BCUT2D eigenvalue weighted by molar-refractivity contribution is 0.104. The van der Waals surface area contributed by atoms with Gasteiger partial charge in [0.1, 0.15) is 0 Å². The predicted molar refractivity (Wildman–Crippen MR) is 81.6 cm³/mol. The average molecular weight is 268 g/mol. The van der Waals surface area contributed by atoms with E-state index in [0.717, 1.165) is 15.4 Å². The number of carbonyl (C=O) groups excluding carboxylic acids is 1. The molecule has 1 nitrogen and oxygen atoms in total. The third-order valence-corrected chi connectivity index (χ3v) is 3.64. The maximum absolute atomic E-state index is 12.0. The van der Waals surface area contributed by atoms with Crippen molar-refractivity contribution in [3.05, 3.63) is 76.7 Å². The molecule has 2 heteroatoms. The maximum Gasteiger partial charge on any atom is 0.186 e. The van der Waals surface area contributed by atoms with Crippen molar-refractivity contribution < 1.29 is 4.79 Å². The van der Waals surface area contributed by atoms with E-state index in [4.69, 9.17) is 0 Å². The molecule has 0 fully saturated rings. The zero-order chi connectivity index (χ0) is 13.7. The lowest BCUT2D eigenvalue weighted by Crippen LogP contribution is -1.93. The summed E-state index contributed by atoms with van der Waals surface area (Å²) in [6, 6.07) is 17.6. The van der Waals surface area contributed by atoms with Crippen LogP contribution in [-0.4, -0.2) is 5.78 Å². The van der Waals surface area contributed by atoms with Crippen molar-refractivity contribution in [2.45, 2.75) is 18.7 Å². The van der Waals surface area contributed by atoms with Crippen LogP contribution in [-0.2, 0) is 0 Å². The monoisotopic (exact) mass is 268 g/mol. The summed E-state index contributed by atoms with van der Waals surface area (Å²) in [5.41, 5.74) is 1.97. The van der Waals surface area contributed by atoms with E-state index in [1.54, 1.807) is 17.8 Å². The minimum absolute atomic E-state index is 0.0534. The van der Waals surface area contributed by atoms with Crippen molar-refractivity contribution >= 4 is 17.5 Å². The van der Waals surface area contributed by atoms with Crippen molar-refractivity contribution in [3.63, 3.8) is 0 Å². The van der Waals surface area contributed by atoms with Gasteiger partial charge >= 0.3 is 0 Å². The number of rotatable bonds is 4. The average Bonchev–Trinajstić information content (AvgIpc) is 2.42. The summed E-state index contributed by atoms with van der Waals surface area (Å²) in [4.78, 5) is 14.2. The highest BCUT2D eigenvalue weighted by Crippen LogP contribution is 2.26. The first kappa shape index (κ1) is 13.6. The van der Waals surface area contributed by atoms with E-state index >= 15 is 0 Å². The van der Waals surface area contributed by atoms with Crippen LogP contribution in [0.25, 0.3) is 0 Å². The molecule has 2 aromatic carbocycles. The lowest BCUT2D eigenvalue weighted by atomic mass is 10.1. The Bertz CT molecular complexity index is 582. The van der Waals surface area contributed by atoms with Gasteiger partial charge < -0.3 is 0 Å². The molecule has 0 unspecified atom stereocenters. The molecule has 19 heavy (non-hydrogen) atoms. The summed E-state index contributed by atoms with van der Waals surface area (Å²) in [6.07, 6.45) is 1.69. The zero-order valence-electron chi connectivity index (χ0n) is 11.1. The molecule has 0 radical (unpaired) electrons. The fourth-order valence-electron chi connectivity index (χ4n) is 1.69. The van der Waals surface area contributed by atoms with Crippen LogP contribution in [0.3, 0.4) is 0 Å². The highest BCUT2D eigenvalue weighted by atomic mass is 32.2. The Morgan fingerprint density at radius 2 is 1.63 bits per heavy atom. The largest absolute Gasteiger partial charge is 0.289 e. The summed E-state index contributed by atoms with van der Waals surface area (Å²) in [5, 5.41) is 0. The van der Waals surface area contributed by atoms with E-state index in [-0.39, 0.29) is 5.78 Å². The van der Waals surface area contributed by atoms with Gasteiger partial charge in [0, 0.05) is 10.5 Å². The number of hydrogen-bond donors (Lipinski definition) is 0. The zero-order valence-corrected chi connectivity index (χ0v) is 11.9. The first-order valence-electron chi connectivity index (χ1n) is 6.17. The molecule has 0 aromatic heterocycles. The molecule has 0 saturated heterocycles. The topological polar surface area (TPSA) is 17.1 Å². The fourth-order valence-corrected chi connectivity index (χ4v) is 2.50. The molecular formula is C17H16OS. The minimum Gasteiger partial charge on any atom is -0.289 e. The van der Waals surface area contributed by atoms with E-state index in [0.29, 0.717) is 0 Å². The van der Waals surface area contributed by atoms with Gasteiger partial charge in [-0.05, 0) is 37.0 Å². The third kappa shape index (κ3) is 4.11. The second kappa shape index (κ2) is 6.39. The first-order valence-corrected chi connectivity index (χ1v) is 6.99. The molecule has 96 valence electrons. The van der Waals surface area contributed by atoms with E-state index in [2.05, 4.69) is 31.2 Å². The van der Waals surface area contributed by atoms with Gasteiger partial charge in [0.2, 0.25) is 0 Å². The normalized spacial score (nSPS) is 11.4. The van der Waals surface area contributed by atoms with Gasteiger partial charge in [-0.15, -0.1) is 0 Å². The summed E-state index contributed by atoms with van der Waals surface area (Å²) < 4.78 is 0. The number of allylic oxidation sites excluding steroid dienone is 2. The number of ketones is 1. The molecule has 0 saturated carbocycles. The smallest absolute Gasteiger partial charge is 0.186 e. The van der Waals surface area contributed by atoms with Gasteiger partial charge in [0.05, 0.1) is 0 Å². The van der Waals surface area contributed by atoms with E-state index in [1.165, 1.54) is 5.56 Å². The van der Waals surface area contributed by atoms with Crippen LogP contribution in [0.2, 0.25) is 0 Å². The van der Waals surface area contributed by atoms with Crippen molar-refractivity contribution in [1.29, 1.82) is 0 Å². The Morgan fingerprint density at radius 3 is 2.26 bits per heavy atom. The minimum atomic E-state index is 0.0534. The Balaban J connectivity index is 2.07. The number of benzene rings is 2. The Labute approximate surface area is 118 Å². The van der Waals surface area contributed by atoms with Crippen LogP contribution in [0.1, 0.15) is 22.8 Å². The standard InChI is InChI=1S/C17H16OS/c1-13-8-10-16(11-9-13)19-14(2)12-17(18)15-6-4-3-5-7-15/h3-12H,1-2H3/b14-12+. The molecule has 0 spiro atoms. The summed E-state index contributed by atoms with van der Waals surface area (Å²) in [5.74, 6) is 0.0534. The van der Waals surface area contributed by atoms with Gasteiger partial charge in [-0.25, -0.2) is 0 Å². The molecular weight excluding hydrogens is 252 g/mol. The van der Waals surface area contributed by atoms with E-state index < -0.39 is 0 Å². The first-order chi connectivity index (χ1) is 9.15. The molecule has 0 aliphatic heterocycles. The van der Waals surface area contributed by atoms with Gasteiger partial charge in [0.25, 0.3) is 0 Å². The molecule has 0 aliphatic rings. The molecule has 0 heterocycles. The Hall–Kier alpha value is -1.80. The number of aryl methyl sites for hydroxylation is 1. The van der Waals surface area contributed by atoms with Crippen molar-refractivity contribution in [1.82, 2.24) is 0 Å².